The molecule has 4 nitrogen and oxygen atoms in total. The van der Waals surface area contributed by atoms with E-state index in [0.29, 0.717) is 19.1 Å². The second-order valence-electron chi connectivity index (χ2n) is 7.02. The SMILES string of the molecule is Cc1ccc(C(OS(=O)[O-])C2=CCCC(COCc3ccccc3)C2)cc1. The fourth-order valence-electron chi connectivity index (χ4n) is 3.45. The van der Waals surface area contributed by atoms with Crippen molar-refractivity contribution < 1.29 is 17.7 Å². The largest absolute Gasteiger partial charge is 0.750 e. The summed E-state index contributed by atoms with van der Waals surface area (Å²) in [4.78, 5) is 0. The van der Waals surface area contributed by atoms with Gasteiger partial charge in [0.1, 0.15) is 6.10 Å². The first-order chi connectivity index (χ1) is 13.1. The van der Waals surface area contributed by atoms with E-state index in [9.17, 15) is 8.76 Å². The van der Waals surface area contributed by atoms with Crippen LogP contribution in [-0.4, -0.2) is 15.4 Å². The highest BCUT2D eigenvalue weighted by Crippen LogP contribution is 2.36. The molecular weight excluding hydrogens is 360 g/mol. The van der Waals surface area contributed by atoms with Crippen LogP contribution in [0.5, 0.6) is 0 Å². The summed E-state index contributed by atoms with van der Waals surface area (Å²) < 4.78 is 33.6. The van der Waals surface area contributed by atoms with Gasteiger partial charge in [-0.2, -0.15) is 0 Å². The van der Waals surface area contributed by atoms with Gasteiger partial charge in [-0.3, -0.25) is 4.18 Å². The molecule has 0 bridgehead atoms. The molecular formula is C22H25O4S-. The van der Waals surface area contributed by atoms with E-state index in [2.05, 4.69) is 18.2 Å². The Morgan fingerprint density at radius 1 is 1.15 bits per heavy atom. The Hall–Kier alpha value is -1.79. The van der Waals surface area contributed by atoms with Crippen LogP contribution in [0, 0.1) is 12.8 Å². The molecule has 0 saturated carbocycles. The maximum absolute atomic E-state index is 11.2. The highest BCUT2D eigenvalue weighted by atomic mass is 32.2. The molecule has 0 spiro atoms. The summed E-state index contributed by atoms with van der Waals surface area (Å²) in [5, 5.41) is 0. The average molecular weight is 386 g/mol. The van der Waals surface area contributed by atoms with Crippen molar-refractivity contribution in [3.63, 3.8) is 0 Å². The molecule has 1 aliphatic carbocycles. The molecule has 5 heteroatoms. The highest BCUT2D eigenvalue weighted by molar-refractivity contribution is 7.74. The molecule has 0 fully saturated rings. The number of ether oxygens (including phenoxy) is 1. The van der Waals surface area contributed by atoms with Crippen LogP contribution in [0.1, 0.15) is 42.1 Å². The zero-order chi connectivity index (χ0) is 19.1. The molecule has 0 aliphatic heterocycles. The van der Waals surface area contributed by atoms with Crippen LogP contribution in [0.2, 0.25) is 0 Å². The molecule has 3 unspecified atom stereocenters. The number of hydrogen-bond acceptors (Lipinski definition) is 4. The summed E-state index contributed by atoms with van der Waals surface area (Å²) in [6, 6.07) is 17.9. The highest BCUT2D eigenvalue weighted by Gasteiger charge is 2.24. The number of hydrogen-bond donors (Lipinski definition) is 0. The lowest BCUT2D eigenvalue weighted by Gasteiger charge is -2.29. The quantitative estimate of drug-likeness (QED) is 0.484. The van der Waals surface area contributed by atoms with Gasteiger partial charge in [0.05, 0.1) is 24.6 Å². The Morgan fingerprint density at radius 3 is 2.59 bits per heavy atom. The van der Waals surface area contributed by atoms with E-state index in [4.69, 9.17) is 8.92 Å². The zero-order valence-corrected chi connectivity index (χ0v) is 16.3. The maximum atomic E-state index is 11.2. The monoisotopic (exact) mass is 385 g/mol. The van der Waals surface area contributed by atoms with E-state index in [0.717, 1.165) is 41.5 Å². The van der Waals surface area contributed by atoms with E-state index >= 15 is 0 Å². The Kier molecular flexibility index (Phi) is 7.35. The molecule has 2 aromatic carbocycles. The zero-order valence-electron chi connectivity index (χ0n) is 15.5. The molecule has 0 aromatic heterocycles. The number of aryl methyl sites for hydroxylation is 1. The lowest BCUT2D eigenvalue weighted by molar-refractivity contribution is 0.0801. The van der Waals surface area contributed by atoms with Gasteiger partial charge in [0.25, 0.3) is 0 Å². The summed E-state index contributed by atoms with van der Waals surface area (Å²) in [5.74, 6) is 0.366. The fourth-order valence-corrected chi connectivity index (χ4v) is 3.84. The Labute approximate surface area is 163 Å². The van der Waals surface area contributed by atoms with Crippen LogP contribution in [0.3, 0.4) is 0 Å². The minimum atomic E-state index is -2.57. The van der Waals surface area contributed by atoms with Crippen LogP contribution < -0.4 is 0 Å². The van der Waals surface area contributed by atoms with Gasteiger partial charge in [-0.15, -0.1) is 0 Å². The molecule has 0 N–H and O–H groups in total. The smallest absolute Gasteiger partial charge is 0.120 e. The van der Waals surface area contributed by atoms with Gasteiger partial charge in [-0.25, -0.2) is 4.21 Å². The average Bonchev–Trinajstić information content (AvgIpc) is 2.68. The minimum absolute atomic E-state index is 0.366. The predicted molar refractivity (Wildman–Crippen MR) is 105 cm³/mol. The first-order valence-corrected chi connectivity index (χ1v) is 10.3. The van der Waals surface area contributed by atoms with Crippen molar-refractivity contribution in [1.82, 2.24) is 0 Å². The standard InChI is InChI=1S/C22H26O4S/c1-17-10-12-20(13-11-17)22(26-27(23)24)21-9-5-8-19(14-21)16-25-15-18-6-3-2-4-7-18/h2-4,6-7,9-13,19,22H,5,8,14-16H2,1H3,(H,23,24)/p-1. The van der Waals surface area contributed by atoms with Crippen LogP contribution in [0.25, 0.3) is 0 Å². The summed E-state index contributed by atoms with van der Waals surface area (Å²) in [5.41, 5.74) is 4.17. The van der Waals surface area contributed by atoms with E-state index in [1.165, 1.54) is 0 Å². The molecule has 0 amide bonds. The number of allylic oxidation sites excluding steroid dienone is 1. The van der Waals surface area contributed by atoms with Crippen LogP contribution in [0.4, 0.5) is 0 Å². The first-order valence-electron chi connectivity index (χ1n) is 9.25. The molecule has 2 aromatic rings. The third-order valence-electron chi connectivity index (χ3n) is 4.86. The topological polar surface area (TPSA) is 58.6 Å². The van der Waals surface area contributed by atoms with Crippen molar-refractivity contribution in [2.75, 3.05) is 6.61 Å². The summed E-state index contributed by atoms with van der Waals surface area (Å²) in [7, 11) is 0. The van der Waals surface area contributed by atoms with Gasteiger partial charge in [0.2, 0.25) is 0 Å². The summed E-state index contributed by atoms with van der Waals surface area (Å²) in [6.45, 7) is 3.26. The van der Waals surface area contributed by atoms with E-state index in [-0.39, 0.29) is 0 Å². The Balaban J connectivity index is 1.62. The Morgan fingerprint density at radius 2 is 1.89 bits per heavy atom. The van der Waals surface area contributed by atoms with Gasteiger partial charge < -0.3 is 9.29 Å². The van der Waals surface area contributed by atoms with E-state index in [1.54, 1.807) is 0 Å². The van der Waals surface area contributed by atoms with Crippen LogP contribution >= 0.6 is 0 Å². The van der Waals surface area contributed by atoms with Gasteiger partial charge in [0, 0.05) is 0 Å². The lowest BCUT2D eigenvalue weighted by atomic mass is 9.85. The second kappa shape index (κ2) is 9.95. The molecule has 27 heavy (non-hydrogen) atoms. The Bertz CT molecular complexity index is 771. The van der Waals surface area contributed by atoms with E-state index in [1.807, 2.05) is 49.4 Å². The van der Waals surface area contributed by atoms with Crippen molar-refractivity contribution >= 4 is 11.4 Å². The van der Waals surface area contributed by atoms with Crippen LogP contribution in [0.15, 0.2) is 66.2 Å². The number of benzene rings is 2. The molecule has 0 radical (unpaired) electrons. The van der Waals surface area contributed by atoms with Gasteiger partial charge in [-0.1, -0.05) is 66.2 Å². The molecule has 1 aliphatic rings. The number of rotatable bonds is 8. The van der Waals surface area contributed by atoms with Gasteiger partial charge in [-0.05, 0) is 48.8 Å². The molecule has 3 atom stereocenters. The lowest BCUT2D eigenvalue weighted by Crippen LogP contribution is -2.19. The molecule has 0 saturated heterocycles. The molecule has 0 heterocycles. The van der Waals surface area contributed by atoms with Crippen molar-refractivity contribution in [2.45, 2.75) is 38.9 Å². The normalized spacial score (nSPS) is 19.3. The van der Waals surface area contributed by atoms with Crippen molar-refractivity contribution in [2.24, 2.45) is 5.92 Å². The van der Waals surface area contributed by atoms with Gasteiger partial charge in [0.15, 0.2) is 0 Å². The summed E-state index contributed by atoms with van der Waals surface area (Å²) >= 11 is -2.57. The maximum Gasteiger partial charge on any atom is 0.120 e. The van der Waals surface area contributed by atoms with Gasteiger partial charge >= 0.3 is 0 Å². The third-order valence-corrected chi connectivity index (χ3v) is 5.21. The molecule has 144 valence electrons. The fraction of sp³-hybridized carbons (Fsp3) is 0.364. The minimum Gasteiger partial charge on any atom is -0.750 e. The van der Waals surface area contributed by atoms with Crippen molar-refractivity contribution in [3.8, 4) is 0 Å². The van der Waals surface area contributed by atoms with E-state index < -0.39 is 17.5 Å². The second-order valence-corrected chi connectivity index (χ2v) is 7.62. The first kappa shape index (κ1) is 20.0. The predicted octanol–water partition coefficient (Wildman–Crippen LogP) is 4.79. The van der Waals surface area contributed by atoms with Crippen molar-refractivity contribution in [3.05, 3.63) is 82.9 Å². The van der Waals surface area contributed by atoms with Crippen molar-refractivity contribution in [1.29, 1.82) is 0 Å². The third kappa shape index (κ3) is 6.11. The summed E-state index contributed by atoms with van der Waals surface area (Å²) in [6.07, 6.45) is 4.29. The molecule has 3 rings (SSSR count). The van der Waals surface area contributed by atoms with Crippen LogP contribution in [-0.2, 0) is 26.9 Å².